The molecule has 0 aromatic carbocycles. The maximum atomic E-state index is 12.9. The van der Waals surface area contributed by atoms with E-state index in [1.807, 2.05) is 6.08 Å². The third-order valence-corrected chi connectivity index (χ3v) is 12.1. The Morgan fingerprint density at radius 3 is 1.60 bits per heavy atom. The molecule has 0 aromatic heterocycles. The Bertz CT molecular complexity index is 1090. The second kappa shape index (κ2) is 41.8. The van der Waals surface area contributed by atoms with Gasteiger partial charge < -0.3 is 45.1 Å². The van der Waals surface area contributed by atoms with E-state index in [1.54, 1.807) is 6.08 Å². The van der Waals surface area contributed by atoms with Crippen LogP contribution in [0.15, 0.2) is 24.3 Å². The molecule has 1 rings (SSSR count). The molecule has 1 saturated heterocycles. The molecule has 0 spiro atoms. The molecular formula is C51H95NO10. The van der Waals surface area contributed by atoms with Gasteiger partial charge in [-0.1, -0.05) is 192 Å². The van der Waals surface area contributed by atoms with Crippen molar-refractivity contribution in [3.05, 3.63) is 24.3 Å². The largest absolute Gasteiger partial charge is 0.466 e. The van der Waals surface area contributed by atoms with Gasteiger partial charge in [-0.25, -0.2) is 0 Å². The van der Waals surface area contributed by atoms with Crippen LogP contribution in [-0.2, 0) is 23.8 Å². The molecule has 364 valence electrons. The van der Waals surface area contributed by atoms with Gasteiger partial charge in [0.25, 0.3) is 0 Å². The molecule has 0 aliphatic carbocycles. The van der Waals surface area contributed by atoms with Gasteiger partial charge >= 0.3 is 5.97 Å². The lowest BCUT2D eigenvalue weighted by Crippen LogP contribution is -2.60. The minimum atomic E-state index is -1.58. The average molecular weight is 882 g/mol. The summed E-state index contributed by atoms with van der Waals surface area (Å²) in [4.78, 5) is 24.9. The number of nitrogens with one attached hydrogen (secondary N) is 1. The molecule has 1 amide bonds. The molecule has 1 heterocycles. The van der Waals surface area contributed by atoms with Gasteiger partial charge in [-0.2, -0.15) is 0 Å². The number of carbonyl (C=O) groups is 2. The fraction of sp³-hybridized carbons (Fsp3) is 0.882. The number of ether oxygens (including phenoxy) is 3. The molecule has 0 radical (unpaired) electrons. The molecule has 62 heavy (non-hydrogen) atoms. The molecular weight excluding hydrogens is 787 g/mol. The molecule has 7 unspecified atom stereocenters. The quantitative estimate of drug-likeness (QED) is 0.0196. The van der Waals surface area contributed by atoms with Crippen LogP contribution in [-0.4, -0.2) is 100 Å². The summed E-state index contributed by atoms with van der Waals surface area (Å²) in [5, 5.41) is 54.0. The highest BCUT2D eigenvalue weighted by Gasteiger charge is 2.44. The summed E-state index contributed by atoms with van der Waals surface area (Å²) in [5.41, 5.74) is 0. The standard InChI is InChI=1S/C51H95NO10/c1-3-5-7-9-11-13-18-23-27-31-35-39-47(56)60-40-36-32-28-24-20-17-15-14-16-19-22-26-30-34-38-46(55)52-43(44(54)37-33-29-25-21-12-10-8-6-4-2)42-61-51-50(59)49(58)48(57)45(41-53)62-51/h12,21,33,37,43-45,48-51,53-54,57-59H,3-11,13-20,22-32,34-36,38-42H2,1-2H3,(H,52,55)/b21-12+,37-33+. The van der Waals surface area contributed by atoms with E-state index < -0.39 is 49.5 Å². The Morgan fingerprint density at radius 1 is 0.581 bits per heavy atom. The van der Waals surface area contributed by atoms with Gasteiger partial charge in [0, 0.05) is 12.8 Å². The zero-order valence-electron chi connectivity index (χ0n) is 39.6. The number of amides is 1. The molecule has 1 aliphatic rings. The van der Waals surface area contributed by atoms with E-state index in [4.69, 9.17) is 14.2 Å². The molecule has 6 N–H and O–H groups in total. The van der Waals surface area contributed by atoms with Gasteiger partial charge in [-0.3, -0.25) is 9.59 Å². The summed E-state index contributed by atoms with van der Waals surface area (Å²) in [6.45, 7) is 4.22. The van der Waals surface area contributed by atoms with Crippen molar-refractivity contribution in [2.75, 3.05) is 19.8 Å². The molecule has 1 fully saturated rings. The van der Waals surface area contributed by atoms with Crippen LogP contribution < -0.4 is 5.32 Å². The van der Waals surface area contributed by atoms with Crippen LogP contribution in [0.4, 0.5) is 0 Å². The van der Waals surface area contributed by atoms with Gasteiger partial charge in [0.2, 0.25) is 5.91 Å². The topological polar surface area (TPSA) is 175 Å². The van der Waals surface area contributed by atoms with Crippen LogP contribution in [0.2, 0.25) is 0 Å². The summed E-state index contributed by atoms with van der Waals surface area (Å²) < 4.78 is 16.6. The van der Waals surface area contributed by atoms with Crippen molar-refractivity contribution < 1.29 is 49.3 Å². The number of hydrogen-bond acceptors (Lipinski definition) is 10. The van der Waals surface area contributed by atoms with Gasteiger partial charge in [-0.05, 0) is 44.9 Å². The SMILES string of the molecule is CCCCC/C=C/CC/C=C/C(O)C(COC1OC(CO)C(O)C(O)C1O)NC(=O)CCCCCCCCCCCCCCCCOC(=O)CCCCCCCCCCCCC. The van der Waals surface area contributed by atoms with Crippen molar-refractivity contribution >= 4 is 11.9 Å². The van der Waals surface area contributed by atoms with Gasteiger partial charge in [0.1, 0.15) is 24.4 Å². The summed E-state index contributed by atoms with van der Waals surface area (Å²) in [7, 11) is 0. The normalized spacial score (nSPS) is 20.3. The van der Waals surface area contributed by atoms with E-state index in [0.717, 1.165) is 70.6 Å². The van der Waals surface area contributed by atoms with E-state index in [-0.39, 0.29) is 18.5 Å². The first-order chi connectivity index (χ1) is 30.2. The van der Waals surface area contributed by atoms with Crippen LogP contribution in [0.25, 0.3) is 0 Å². The first-order valence-corrected chi connectivity index (χ1v) is 25.6. The molecule has 7 atom stereocenters. The number of hydrogen-bond donors (Lipinski definition) is 6. The third kappa shape index (κ3) is 31.9. The number of aliphatic hydroxyl groups excluding tert-OH is 5. The van der Waals surface area contributed by atoms with Crippen molar-refractivity contribution in [1.82, 2.24) is 5.32 Å². The van der Waals surface area contributed by atoms with Crippen LogP contribution in [0.1, 0.15) is 226 Å². The number of unbranched alkanes of at least 4 members (excludes halogenated alkanes) is 27. The molecule has 0 saturated carbocycles. The second-order valence-corrected chi connectivity index (χ2v) is 17.9. The van der Waals surface area contributed by atoms with Crippen LogP contribution in [0, 0.1) is 0 Å². The van der Waals surface area contributed by atoms with Crippen LogP contribution >= 0.6 is 0 Å². The lowest BCUT2D eigenvalue weighted by molar-refractivity contribution is -0.302. The number of aliphatic hydroxyl groups is 5. The average Bonchev–Trinajstić information content (AvgIpc) is 3.27. The van der Waals surface area contributed by atoms with E-state index >= 15 is 0 Å². The highest BCUT2D eigenvalue weighted by Crippen LogP contribution is 2.23. The Morgan fingerprint density at radius 2 is 1.05 bits per heavy atom. The number of carbonyl (C=O) groups excluding carboxylic acids is 2. The smallest absolute Gasteiger partial charge is 0.305 e. The summed E-state index contributed by atoms with van der Waals surface area (Å²) in [6.07, 6.45) is 36.9. The number of rotatable bonds is 43. The maximum Gasteiger partial charge on any atom is 0.305 e. The first-order valence-electron chi connectivity index (χ1n) is 25.6. The van der Waals surface area contributed by atoms with Gasteiger partial charge in [-0.15, -0.1) is 0 Å². The number of esters is 1. The molecule has 1 aliphatic heterocycles. The summed E-state index contributed by atoms with van der Waals surface area (Å²) in [6, 6.07) is -0.832. The number of allylic oxidation sites excluding steroid dienone is 3. The minimum Gasteiger partial charge on any atom is -0.466 e. The van der Waals surface area contributed by atoms with Crippen LogP contribution in [0.3, 0.4) is 0 Å². The van der Waals surface area contributed by atoms with E-state index in [2.05, 4.69) is 31.3 Å². The van der Waals surface area contributed by atoms with E-state index in [1.165, 1.54) is 128 Å². The predicted molar refractivity (Wildman–Crippen MR) is 251 cm³/mol. The molecule has 11 heteroatoms. The Kier molecular flexibility index (Phi) is 39.2. The van der Waals surface area contributed by atoms with E-state index in [9.17, 15) is 35.1 Å². The van der Waals surface area contributed by atoms with Gasteiger partial charge in [0.05, 0.1) is 32.0 Å². The Hall–Kier alpha value is -1.86. The monoisotopic (exact) mass is 882 g/mol. The first kappa shape index (κ1) is 58.2. The Labute approximate surface area is 378 Å². The minimum absolute atomic E-state index is 0.0247. The van der Waals surface area contributed by atoms with Crippen LogP contribution in [0.5, 0.6) is 0 Å². The van der Waals surface area contributed by atoms with Crippen molar-refractivity contribution in [3.63, 3.8) is 0 Å². The Balaban J connectivity index is 2.13. The zero-order chi connectivity index (χ0) is 45.3. The zero-order valence-corrected chi connectivity index (χ0v) is 39.6. The highest BCUT2D eigenvalue weighted by molar-refractivity contribution is 5.76. The maximum absolute atomic E-state index is 12.9. The summed E-state index contributed by atoms with van der Waals surface area (Å²) >= 11 is 0. The lowest BCUT2D eigenvalue weighted by atomic mass is 9.99. The lowest BCUT2D eigenvalue weighted by Gasteiger charge is -2.40. The third-order valence-electron chi connectivity index (χ3n) is 12.1. The second-order valence-electron chi connectivity index (χ2n) is 17.9. The fourth-order valence-electron chi connectivity index (χ4n) is 7.92. The molecule has 0 aromatic rings. The highest BCUT2D eigenvalue weighted by atomic mass is 16.7. The van der Waals surface area contributed by atoms with Crippen molar-refractivity contribution in [1.29, 1.82) is 0 Å². The van der Waals surface area contributed by atoms with E-state index in [0.29, 0.717) is 19.4 Å². The predicted octanol–water partition coefficient (Wildman–Crippen LogP) is 10.2. The van der Waals surface area contributed by atoms with Crippen molar-refractivity contribution in [2.45, 2.75) is 269 Å². The fourth-order valence-corrected chi connectivity index (χ4v) is 7.92. The van der Waals surface area contributed by atoms with Crippen molar-refractivity contribution in [3.8, 4) is 0 Å². The molecule has 11 nitrogen and oxygen atoms in total. The van der Waals surface area contributed by atoms with Crippen molar-refractivity contribution in [2.24, 2.45) is 0 Å². The van der Waals surface area contributed by atoms with Gasteiger partial charge in [0.15, 0.2) is 6.29 Å². The molecule has 0 bridgehead atoms. The summed E-state index contributed by atoms with van der Waals surface area (Å²) in [5.74, 6) is -0.230.